The first-order valence-electron chi connectivity index (χ1n) is 5.34. The number of methoxy groups -OCH3 is 1. The molecule has 0 aliphatic heterocycles. The predicted molar refractivity (Wildman–Crippen MR) is 69.1 cm³/mol. The monoisotopic (exact) mass is 316 g/mol. The molecule has 0 N–H and O–H groups in total. The zero-order chi connectivity index (χ0) is 12.6. The quantitative estimate of drug-likeness (QED) is 0.594. The molecule has 0 heterocycles. The van der Waals surface area contributed by atoms with E-state index >= 15 is 0 Å². The molecule has 0 fully saturated rings. The van der Waals surface area contributed by atoms with Crippen molar-refractivity contribution in [2.75, 3.05) is 45.2 Å². The van der Waals surface area contributed by atoms with Gasteiger partial charge < -0.3 is 4.74 Å². The Bertz CT molecular complexity index is 268. The van der Waals surface area contributed by atoms with E-state index in [0.717, 1.165) is 0 Å². The van der Waals surface area contributed by atoms with Gasteiger partial charge in [-0.1, -0.05) is 29.8 Å². The van der Waals surface area contributed by atoms with Crippen LogP contribution in [0.5, 0.6) is 0 Å². The van der Waals surface area contributed by atoms with Gasteiger partial charge in [0, 0.05) is 38.6 Å². The number of hydrogen-bond acceptors (Lipinski definition) is 3. The Morgan fingerprint density at radius 2 is 1.69 bits per heavy atom. The molecule has 0 amide bonds. The Hall–Kier alpha value is 0.310. The van der Waals surface area contributed by atoms with Gasteiger partial charge in [-0.05, 0) is 0 Å². The minimum Gasteiger partial charge on any atom is -0.383 e. The second kappa shape index (κ2) is 8.41. The van der Waals surface area contributed by atoms with Gasteiger partial charge in [0.2, 0.25) is 0 Å². The van der Waals surface area contributed by atoms with Crippen molar-refractivity contribution in [3.63, 3.8) is 0 Å². The second-order valence-electron chi connectivity index (χ2n) is 3.17. The van der Waals surface area contributed by atoms with Gasteiger partial charge in [-0.2, -0.15) is 17.0 Å². The van der Waals surface area contributed by atoms with E-state index in [1.807, 2.05) is 13.8 Å². The average molecular weight is 317 g/mol. The molecule has 0 aromatic heterocycles. The van der Waals surface area contributed by atoms with Crippen molar-refractivity contribution >= 4 is 26.1 Å². The van der Waals surface area contributed by atoms with Gasteiger partial charge in [-0.3, -0.25) is 0 Å². The van der Waals surface area contributed by atoms with Crippen LogP contribution in [0.25, 0.3) is 0 Å². The summed E-state index contributed by atoms with van der Waals surface area (Å²) in [6.45, 7) is 5.92. The van der Waals surface area contributed by atoms with Crippen molar-refractivity contribution < 1.29 is 13.2 Å². The van der Waals surface area contributed by atoms with Gasteiger partial charge in [-0.15, -0.1) is 0 Å². The van der Waals surface area contributed by atoms with Gasteiger partial charge in [0.1, 0.15) is 0 Å². The van der Waals surface area contributed by atoms with E-state index in [0.29, 0.717) is 38.1 Å². The smallest absolute Gasteiger partial charge is 0.282 e. The topological polar surface area (TPSA) is 49.9 Å². The van der Waals surface area contributed by atoms with Crippen molar-refractivity contribution in [3.05, 3.63) is 0 Å². The zero-order valence-corrected chi connectivity index (χ0v) is 12.6. The van der Waals surface area contributed by atoms with Gasteiger partial charge in [0.05, 0.1) is 6.61 Å². The lowest BCUT2D eigenvalue weighted by molar-refractivity contribution is 0.178. The number of halogens is 1. The molecule has 0 spiro atoms. The summed E-state index contributed by atoms with van der Waals surface area (Å²) in [5, 5.41) is 0.622. The summed E-state index contributed by atoms with van der Waals surface area (Å²) in [5.74, 6) is 0. The van der Waals surface area contributed by atoms with Gasteiger partial charge in [0.25, 0.3) is 10.2 Å². The normalized spacial score (nSPS) is 12.6. The Balaban J connectivity index is 4.72. The number of nitrogens with zero attached hydrogens (tertiary/aromatic N) is 2. The molecule has 0 aliphatic rings. The Morgan fingerprint density at radius 3 is 2.06 bits per heavy atom. The van der Waals surface area contributed by atoms with E-state index in [9.17, 15) is 8.42 Å². The minimum atomic E-state index is -3.34. The molecule has 0 aromatic rings. The third-order valence-electron chi connectivity index (χ3n) is 2.24. The van der Waals surface area contributed by atoms with Gasteiger partial charge in [0.15, 0.2) is 0 Å². The molecular weight excluding hydrogens is 296 g/mol. The molecule has 0 radical (unpaired) electrons. The van der Waals surface area contributed by atoms with Crippen molar-refractivity contribution in [2.24, 2.45) is 0 Å². The summed E-state index contributed by atoms with van der Waals surface area (Å²) in [5.41, 5.74) is 0. The number of alkyl halides is 1. The maximum atomic E-state index is 12.2. The molecule has 0 saturated carbocycles. The lowest BCUT2D eigenvalue weighted by Gasteiger charge is -2.27. The highest BCUT2D eigenvalue weighted by atomic mass is 79.9. The molecule has 0 bridgehead atoms. The van der Waals surface area contributed by atoms with Crippen LogP contribution >= 0.6 is 15.9 Å². The first kappa shape index (κ1) is 16.3. The summed E-state index contributed by atoms with van der Waals surface area (Å²) in [4.78, 5) is 0. The maximum absolute atomic E-state index is 12.2. The molecule has 0 rings (SSSR count). The Labute approximate surface area is 107 Å². The fraction of sp³-hybridized carbons (Fsp3) is 1.00. The third kappa shape index (κ3) is 4.67. The summed E-state index contributed by atoms with van der Waals surface area (Å²) in [6.07, 6.45) is 0. The number of rotatable bonds is 9. The second-order valence-corrected chi connectivity index (χ2v) is 5.89. The predicted octanol–water partition coefficient (Wildman–Crippen LogP) is 0.916. The highest BCUT2D eigenvalue weighted by Crippen LogP contribution is 2.08. The molecule has 5 nitrogen and oxygen atoms in total. The van der Waals surface area contributed by atoms with E-state index in [2.05, 4.69) is 15.9 Å². The van der Waals surface area contributed by atoms with Gasteiger partial charge >= 0.3 is 0 Å². The van der Waals surface area contributed by atoms with Crippen molar-refractivity contribution in [3.8, 4) is 0 Å². The van der Waals surface area contributed by atoms with E-state index in [4.69, 9.17) is 4.74 Å². The molecule has 16 heavy (non-hydrogen) atoms. The van der Waals surface area contributed by atoms with Gasteiger partial charge in [-0.25, -0.2) is 0 Å². The van der Waals surface area contributed by atoms with Crippen LogP contribution in [0.3, 0.4) is 0 Å². The van der Waals surface area contributed by atoms with Crippen LogP contribution in [-0.4, -0.2) is 62.3 Å². The zero-order valence-electron chi connectivity index (χ0n) is 10.1. The van der Waals surface area contributed by atoms with E-state index in [-0.39, 0.29) is 0 Å². The minimum absolute atomic E-state index is 0.390. The largest absolute Gasteiger partial charge is 0.383 e. The highest BCUT2D eigenvalue weighted by Gasteiger charge is 2.26. The van der Waals surface area contributed by atoms with Crippen LogP contribution in [0.2, 0.25) is 0 Å². The molecule has 98 valence electrons. The van der Waals surface area contributed by atoms with Crippen molar-refractivity contribution in [1.82, 2.24) is 8.61 Å². The molecule has 0 unspecified atom stereocenters. The van der Waals surface area contributed by atoms with Crippen LogP contribution in [0.1, 0.15) is 13.8 Å². The summed E-state index contributed by atoms with van der Waals surface area (Å²) >= 11 is 3.26. The summed E-state index contributed by atoms with van der Waals surface area (Å²) < 4.78 is 32.1. The van der Waals surface area contributed by atoms with E-state index in [1.165, 1.54) is 8.61 Å². The van der Waals surface area contributed by atoms with E-state index < -0.39 is 10.2 Å². The van der Waals surface area contributed by atoms with Crippen molar-refractivity contribution in [1.29, 1.82) is 0 Å². The fourth-order valence-corrected chi connectivity index (χ4v) is 3.61. The summed E-state index contributed by atoms with van der Waals surface area (Å²) in [6, 6.07) is 0. The van der Waals surface area contributed by atoms with Crippen LogP contribution in [0, 0.1) is 0 Å². The average Bonchev–Trinajstić information content (AvgIpc) is 2.25. The van der Waals surface area contributed by atoms with Crippen LogP contribution < -0.4 is 0 Å². The third-order valence-corrected chi connectivity index (χ3v) is 4.78. The Morgan fingerprint density at radius 1 is 1.12 bits per heavy atom. The van der Waals surface area contributed by atoms with Crippen LogP contribution in [0.15, 0.2) is 0 Å². The van der Waals surface area contributed by atoms with E-state index in [1.54, 1.807) is 7.11 Å². The number of ether oxygens (including phenoxy) is 1. The highest BCUT2D eigenvalue weighted by molar-refractivity contribution is 9.09. The van der Waals surface area contributed by atoms with Crippen LogP contribution in [-0.2, 0) is 14.9 Å². The molecular formula is C9H21BrN2O3S. The molecule has 0 aromatic carbocycles. The molecule has 0 aliphatic carbocycles. The lowest BCUT2D eigenvalue weighted by atomic mass is 10.6. The Kier molecular flexibility index (Phi) is 8.57. The molecule has 0 atom stereocenters. The van der Waals surface area contributed by atoms with Crippen LogP contribution in [0.4, 0.5) is 0 Å². The lowest BCUT2D eigenvalue weighted by Crippen LogP contribution is -2.45. The SMILES string of the molecule is CCN(CC)S(=O)(=O)N(CCBr)CCOC. The first-order valence-corrected chi connectivity index (χ1v) is 7.86. The number of hydrogen-bond donors (Lipinski definition) is 0. The maximum Gasteiger partial charge on any atom is 0.282 e. The summed E-state index contributed by atoms with van der Waals surface area (Å²) in [7, 11) is -1.78. The van der Waals surface area contributed by atoms with Crippen molar-refractivity contribution in [2.45, 2.75) is 13.8 Å². The first-order chi connectivity index (χ1) is 7.54. The fourth-order valence-electron chi connectivity index (χ4n) is 1.34. The standard InChI is InChI=1S/C9H21BrN2O3S/c1-4-11(5-2)16(13,14)12(7-6-10)8-9-15-3/h4-9H2,1-3H3. The molecule has 0 saturated heterocycles. The molecule has 7 heteroatoms.